The molecule has 0 bridgehead atoms. The zero-order valence-corrected chi connectivity index (χ0v) is 20.8. The van der Waals surface area contributed by atoms with Crippen LogP contribution in [0.2, 0.25) is 0 Å². The summed E-state index contributed by atoms with van der Waals surface area (Å²) in [7, 11) is -5.86. The molecule has 0 amide bonds. The number of benzene rings is 1. The van der Waals surface area contributed by atoms with Crippen LogP contribution in [0.5, 0.6) is 5.88 Å². The summed E-state index contributed by atoms with van der Waals surface area (Å²) in [6, 6.07) is 6.86. The van der Waals surface area contributed by atoms with Gasteiger partial charge in [-0.15, -0.1) is 0 Å². The molecule has 38 heavy (non-hydrogen) atoms. The molecule has 0 aliphatic carbocycles. The number of aliphatic hydroxyl groups excluding tert-OH is 1. The number of nitrogens with zero attached hydrogens (tertiary/aromatic N) is 5. The average Bonchev–Trinajstić information content (AvgIpc) is 2.83. The summed E-state index contributed by atoms with van der Waals surface area (Å²) in [5, 5.41) is 10.7. The molecule has 1 N–H and O–H groups in total. The quantitative estimate of drug-likeness (QED) is 0.277. The molecule has 1 aliphatic rings. The fourth-order valence-corrected chi connectivity index (χ4v) is 4.12. The van der Waals surface area contributed by atoms with Gasteiger partial charge in [0.1, 0.15) is 11.6 Å². The van der Waals surface area contributed by atoms with E-state index in [2.05, 4.69) is 19.1 Å². The topological polar surface area (TPSA) is 128 Å². The van der Waals surface area contributed by atoms with Gasteiger partial charge in [0.25, 0.3) is 0 Å². The van der Waals surface area contributed by atoms with E-state index >= 15 is 0 Å². The predicted octanol–water partition coefficient (Wildman–Crippen LogP) is 2.33. The van der Waals surface area contributed by atoms with Crippen LogP contribution in [0.1, 0.15) is 22.5 Å². The number of aromatic nitrogens is 4. The van der Waals surface area contributed by atoms with E-state index in [4.69, 9.17) is 0 Å². The van der Waals surface area contributed by atoms with E-state index in [0.29, 0.717) is 22.3 Å². The number of aryl methyl sites for hydroxylation is 2. The largest absolute Gasteiger partial charge is 0.534 e. The van der Waals surface area contributed by atoms with Crippen LogP contribution < -0.4 is 14.8 Å². The summed E-state index contributed by atoms with van der Waals surface area (Å²) in [5.74, 6) is -0.840. The van der Waals surface area contributed by atoms with Crippen LogP contribution >= 0.6 is 0 Å². The minimum atomic E-state index is -5.86. The van der Waals surface area contributed by atoms with Crippen molar-refractivity contribution in [3.8, 4) is 5.88 Å². The van der Waals surface area contributed by atoms with Crippen molar-refractivity contribution in [1.29, 1.82) is 0 Å². The molecule has 1 unspecified atom stereocenters. The van der Waals surface area contributed by atoms with Gasteiger partial charge in [-0.05, 0) is 42.2 Å². The molecule has 3 aromatic rings. The average molecular weight is 556 g/mol. The lowest BCUT2D eigenvalue weighted by Crippen LogP contribution is -2.40. The van der Waals surface area contributed by atoms with Crippen molar-refractivity contribution >= 4 is 21.6 Å². The Kier molecular flexibility index (Phi) is 7.25. The lowest BCUT2D eigenvalue weighted by Gasteiger charge is -2.30. The van der Waals surface area contributed by atoms with E-state index in [1.807, 2.05) is 0 Å². The second-order valence-electron chi connectivity index (χ2n) is 8.47. The highest BCUT2D eigenvalue weighted by atomic mass is 32.2. The normalized spacial score (nSPS) is 16.3. The lowest BCUT2D eigenvalue weighted by molar-refractivity contribution is -0.0501. The van der Waals surface area contributed by atoms with Gasteiger partial charge in [-0.1, -0.05) is 24.3 Å². The molecule has 0 fully saturated rings. The van der Waals surface area contributed by atoms with E-state index in [0.717, 1.165) is 12.3 Å². The Morgan fingerprint density at radius 2 is 1.89 bits per heavy atom. The number of anilines is 1. The van der Waals surface area contributed by atoms with Crippen molar-refractivity contribution in [2.45, 2.75) is 32.0 Å². The van der Waals surface area contributed by atoms with Crippen molar-refractivity contribution in [3.05, 3.63) is 81.4 Å². The summed E-state index contributed by atoms with van der Waals surface area (Å²) in [6.45, 7) is 3.41. The number of pyridine rings is 1. The highest BCUT2D eigenvalue weighted by Crippen LogP contribution is 2.27. The van der Waals surface area contributed by atoms with Gasteiger partial charge < -0.3 is 14.2 Å². The molecular weight excluding hydrogens is 534 g/mol. The number of alkyl halides is 3. The Hall–Kier alpha value is -3.85. The molecule has 1 aliphatic heterocycles. The van der Waals surface area contributed by atoms with Gasteiger partial charge in [0.2, 0.25) is 11.8 Å². The van der Waals surface area contributed by atoms with Crippen LogP contribution in [0.4, 0.5) is 23.5 Å². The van der Waals surface area contributed by atoms with E-state index < -0.39 is 33.3 Å². The van der Waals surface area contributed by atoms with Gasteiger partial charge in [-0.3, -0.25) is 4.57 Å². The molecule has 0 spiro atoms. The zero-order valence-electron chi connectivity index (χ0n) is 20.0. The zero-order chi connectivity index (χ0) is 27.8. The van der Waals surface area contributed by atoms with Crippen molar-refractivity contribution in [2.24, 2.45) is 0 Å². The smallest absolute Gasteiger partial charge is 0.387 e. The molecule has 0 saturated heterocycles. The lowest BCUT2D eigenvalue weighted by atomic mass is 9.96. The molecule has 10 nitrogen and oxygen atoms in total. The molecule has 1 atom stereocenters. The fraction of sp³-hybridized carbons (Fsp3) is 0.304. The SMILES string of the molecule is Cc1ccc(C2=CCN(c3nc(C)n(Cc4ccc(OS(=O)(=O)C(F)(F)F)nc4)c(=O)n3)CC2O)cc1F. The summed E-state index contributed by atoms with van der Waals surface area (Å²) in [6.07, 6.45) is 1.78. The van der Waals surface area contributed by atoms with Gasteiger partial charge in [-0.25, -0.2) is 14.2 Å². The second kappa shape index (κ2) is 10.1. The van der Waals surface area contributed by atoms with Crippen molar-refractivity contribution in [1.82, 2.24) is 19.5 Å². The third-order valence-electron chi connectivity index (χ3n) is 5.77. The molecule has 15 heteroatoms. The van der Waals surface area contributed by atoms with Gasteiger partial charge >= 0.3 is 21.3 Å². The van der Waals surface area contributed by atoms with E-state index in [1.165, 1.54) is 16.7 Å². The molecule has 202 valence electrons. The molecule has 1 aromatic carbocycles. The van der Waals surface area contributed by atoms with Crippen molar-refractivity contribution in [2.75, 3.05) is 18.0 Å². The van der Waals surface area contributed by atoms with Crippen LogP contribution in [-0.4, -0.2) is 57.7 Å². The molecule has 0 radical (unpaired) electrons. The monoisotopic (exact) mass is 555 g/mol. The van der Waals surface area contributed by atoms with Gasteiger partial charge in [0.05, 0.1) is 19.2 Å². The van der Waals surface area contributed by atoms with E-state index in [9.17, 15) is 35.9 Å². The molecule has 3 heterocycles. The Morgan fingerprint density at radius 3 is 2.47 bits per heavy atom. The highest BCUT2D eigenvalue weighted by molar-refractivity contribution is 7.87. The predicted molar refractivity (Wildman–Crippen MR) is 127 cm³/mol. The molecule has 4 rings (SSSR count). The maximum atomic E-state index is 14.0. The first-order chi connectivity index (χ1) is 17.7. The number of hydrogen-bond acceptors (Lipinski definition) is 9. The summed E-state index contributed by atoms with van der Waals surface area (Å²) >= 11 is 0. The Bertz CT molecular complexity index is 1560. The number of aliphatic hydroxyl groups is 1. The molecular formula is C23H21F4N5O5S. The molecule has 0 saturated carbocycles. The summed E-state index contributed by atoms with van der Waals surface area (Å²) in [4.78, 5) is 26.2. The summed E-state index contributed by atoms with van der Waals surface area (Å²) in [5.41, 5.74) is -4.36. The van der Waals surface area contributed by atoms with Gasteiger partial charge in [0.15, 0.2) is 0 Å². The van der Waals surface area contributed by atoms with E-state index in [1.54, 1.807) is 37.0 Å². The Labute approximate surface area is 214 Å². The van der Waals surface area contributed by atoms with E-state index in [-0.39, 0.29) is 37.2 Å². The number of halogens is 4. The number of hydrogen-bond donors (Lipinski definition) is 1. The maximum absolute atomic E-state index is 14.0. The second-order valence-corrected chi connectivity index (χ2v) is 10.0. The minimum absolute atomic E-state index is 0.0659. The first-order valence-electron chi connectivity index (χ1n) is 11.1. The van der Waals surface area contributed by atoms with Gasteiger partial charge in [0, 0.05) is 18.8 Å². The first kappa shape index (κ1) is 27.2. The maximum Gasteiger partial charge on any atom is 0.534 e. The van der Waals surface area contributed by atoms with Crippen LogP contribution in [-0.2, 0) is 16.7 Å². The van der Waals surface area contributed by atoms with Crippen molar-refractivity contribution < 1.29 is 35.3 Å². The van der Waals surface area contributed by atoms with Crippen molar-refractivity contribution in [3.63, 3.8) is 0 Å². The van der Waals surface area contributed by atoms with Crippen LogP contribution in [0.3, 0.4) is 0 Å². The minimum Gasteiger partial charge on any atom is -0.387 e. The number of rotatable bonds is 6. The standard InChI is InChI=1S/C23H21F4N5O5S/c1-13-3-5-16(9-18(13)24)17-7-8-31(12-19(17)33)21-29-14(2)32(22(34)30-21)11-15-4-6-20(28-10-15)37-38(35,36)23(25,26)27/h3-7,9-10,19,33H,8,11-12H2,1-2H3. The highest BCUT2D eigenvalue weighted by Gasteiger charge is 2.48. The van der Waals surface area contributed by atoms with Crippen LogP contribution in [0.25, 0.3) is 5.57 Å². The fourth-order valence-electron chi connectivity index (χ4n) is 3.71. The van der Waals surface area contributed by atoms with Crippen LogP contribution in [0.15, 0.2) is 47.4 Å². The number of β-amino-alcohol motifs (C(OH)–C–C–N with tert-alkyl or cyclic N) is 1. The summed E-state index contributed by atoms with van der Waals surface area (Å²) < 4.78 is 78.7. The first-order valence-corrected chi connectivity index (χ1v) is 12.5. The Morgan fingerprint density at radius 1 is 1.16 bits per heavy atom. The molecule has 2 aromatic heterocycles. The third-order valence-corrected chi connectivity index (χ3v) is 6.72. The Balaban J connectivity index is 1.49. The van der Waals surface area contributed by atoms with Crippen LogP contribution in [0, 0.1) is 19.7 Å². The van der Waals surface area contributed by atoms with Gasteiger partial charge in [-0.2, -0.15) is 31.6 Å². The third kappa shape index (κ3) is 5.67.